The average molecular weight is 391 g/mol. The molecule has 2 heterocycles. The van der Waals surface area contributed by atoms with Crippen LogP contribution in [0.4, 0.5) is 5.69 Å². The molecule has 4 rings (SSSR count). The molecule has 2 atom stereocenters. The Hall–Kier alpha value is -1.56. The lowest BCUT2D eigenvalue weighted by Crippen LogP contribution is -2.51. The molecule has 0 N–H and O–H groups in total. The molecule has 2 aliphatic heterocycles. The largest absolute Gasteiger partial charge is 0.362 e. The van der Waals surface area contributed by atoms with Gasteiger partial charge in [-0.1, -0.05) is 38.0 Å². The van der Waals surface area contributed by atoms with E-state index >= 15 is 0 Å². The van der Waals surface area contributed by atoms with Crippen LogP contribution in [0.15, 0.2) is 24.3 Å². The second kappa shape index (κ2) is 7.46. The van der Waals surface area contributed by atoms with Crippen LogP contribution in [-0.4, -0.2) is 55.9 Å². The summed E-state index contributed by atoms with van der Waals surface area (Å²) in [4.78, 5) is 17.5. The number of fused-ring (bicyclic) bond motifs is 1. The zero-order valence-electron chi connectivity index (χ0n) is 16.1. The first-order chi connectivity index (χ1) is 12.9. The van der Waals surface area contributed by atoms with E-state index in [0.29, 0.717) is 18.9 Å². The van der Waals surface area contributed by atoms with Crippen molar-refractivity contribution >= 4 is 21.4 Å². The number of carbonyl (C=O) groups is 1. The van der Waals surface area contributed by atoms with Crippen LogP contribution in [0.3, 0.4) is 0 Å². The Bertz CT molecular complexity index is 801. The first-order valence-corrected chi connectivity index (χ1v) is 12.1. The molecular formula is C21H30N2O3S. The number of amides is 1. The van der Waals surface area contributed by atoms with Crippen LogP contribution in [0.1, 0.15) is 56.9 Å². The van der Waals surface area contributed by atoms with Crippen molar-refractivity contribution in [2.75, 3.05) is 29.5 Å². The zero-order chi connectivity index (χ0) is 19.0. The fourth-order valence-corrected chi connectivity index (χ4v) is 6.82. The maximum absolute atomic E-state index is 13.4. The molecule has 0 bridgehead atoms. The summed E-state index contributed by atoms with van der Waals surface area (Å²) in [6, 6.07) is 8.45. The highest BCUT2D eigenvalue weighted by Gasteiger charge is 2.39. The highest BCUT2D eigenvalue weighted by Crippen LogP contribution is 2.35. The van der Waals surface area contributed by atoms with Crippen LogP contribution in [0.25, 0.3) is 0 Å². The first-order valence-electron chi connectivity index (χ1n) is 10.3. The third-order valence-electron chi connectivity index (χ3n) is 6.57. The van der Waals surface area contributed by atoms with Crippen LogP contribution in [0.2, 0.25) is 0 Å². The molecule has 1 amide bonds. The van der Waals surface area contributed by atoms with E-state index < -0.39 is 9.84 Å². The number of rotatable bonds is 4. The van der Waals surface area contributed by atoms with Crippen molar-refractivity contribution in [2.24, 2.45) is 0 Å². The minimum absolute atomic E-state index is 0.105. The van der Waals surface area contributed by atoms with Gasteiger partial charge in [-0.25, -0.2) is 8.42 Å². The lowest BCUT2D eigenvalue weighted by Gasteiger charge is -2.38. The molecule has 1 aromatic carbocycles. The van der Waals surface area contributed by atoms with Crippen molar-refractivity contribution in [1.82, 2.24) is 4.90 Å². The van der Waals surface area contributed by atoms with Crippen molar-refractivity contribution in [2.45, 2.75) is 63.5 Å². The fourth-order valence-electron chi connectivity index (χ4n) is 5.11. The van der Waals surface area contributed by atoms with Crippen molar-refractivity contribution in [3.8, 4) is 0 Å². The normalized spacial score (nSPS) is 27.5. The van der Waals surface area contributed by atoms with Gasteiger partial charge in [0.25, 0.3) is 0 Å². The van der Waals surface area contributed by atoms with Gasteiger partial charge in [-0.2, -0.15) is 0 Å². The Morgan fingerprint density at radius 1 is 1.11 bits per heavy atom. The maximum atomic E-state index is 13.4. The van der Waals surface area contributed by atoms with E-state index in [9.17, 15) is 13.2 Å². The number of carbonyl (C=O) groups excluding carboxylic acids is 1. The van der Waals surface area contributed by atoms with Crippen molar-refractivity contribution in [1.29, 1.82) is 0 Å². The molecule has 1 saturated carbocycles. The van der Waals surface area contributed by atoms with Crippen molar-refractivity contribution in [3.05, 3.63) is 29.8 Å². The van der Waals surface area contributed by atoms with Gasteiger partial charge < -0.3 is 9.80 Å². The monoisotopic (exact) mass is 390 g/mol. The smallest absolute Gasteiger partial charge is 0.242 e. The van der Waals surface area contributed by atoms with Gasteiger partial charge in [-0.3, -0.25) is 4.79 Å². The van der Waals surface area contributed by atoms with E-state index in [2.05, 4.69) is 30.0 Å². The Morgan fingerprint density at radius 2 is 1.85 bits per heavy atom. The topological polar surface area (TPSA) is 57.7 Å². The Labute approximate surface area is 162 Å². The minimum atomic E-state index is -3.00. The molecule has 1 aromatic rings. The second-order valence-corrected chi connectivity index (χ2v) is 10.7. The molecule has 1 saturated heterocycles. The second-order valence-electron chi connectivity index (χ2n) is 8.47. The summed E-state index contributed by atoms with van der Waals surface area (Å²) < 4.78 is 24.0. The van der Waals surface area contributed by atoms with Gasteiger partial charge in [0, 0.05) is 24.3 Å². The van der Waals surface area contributed by atoms with Crippen molar-refractivity contribution < 1.29 is 13.2 Å². The number of anilines is 1. The van der Waals surface area contributed by atoms with Gasteiger partial charge in [0.05, 0.1) is 18.1 Å². The summed E-state index contributed by atoms with van der Waals surface area (Å²) in [5.41, 5.74) is 2.47. The van der Waals surface area contributed by atoms with Gasteiger partial charge in [0.2, 0.25) is 5.91 Å². The van der Waals surface area contributed by atoms with Gasteiger partial charge in [-0.05, 0) is 43.2 Å². The number of benzene rings is 1. The molecule has 0 spiro atoms. The van der Waals surface area contributed by atoms with E-state index in [-0.39, 0.29) is 29.5 Å². The quantitative estimate of drug-likeness (QED) is 0.793. The Kier molecular flexibility index (Phi) is 5.19. The summed E-state index contributed by atoms with van der Waals surface area (Å²) >= 11 is 0. The molecule has 2 fully saturated rings. The van der Waals surface area contributed by atoms with E-state index in [0.717, 1.165) is 44.3 Å². The van der Waals surface area contributed by atoms with E-state index in [1.165, 1.54) is 5.56 Å². The summed E-state index contributed by atoms with van der Waals surface area (Å²) in [7, 11) is -3.00. The van der Waals surface area contributed by atoms with Crippen LogP contribution in [-0.2, 0) is 14.6 Å². The predicted octanol–water partition coefficient (Wildman–Crippen LogP) is 2.96. The lowest BCUT2D eigenvalue weighted by molar-refractivity contribution is -0.134. The molecule has 0 radical (unpaired) electrons. The third kappa shape index (κ3) is 3.86. The fraction of sp³-hybridized carbons (Fsp3) is 0.667. The molecule has 148 valence electrons. The molecule has 5 nitrogen and oxygen atoms in total. The predicted molar refractivity (Wildman–Crippen MR) is 108 cm³/mol. The number of sulfone groups is 1. The van der Waals surface area contributed by atoms with Crippen LogP contribution in [0, 0.1) is 0 Å². The zero-order valence-corrected chi connectivity index (χ0v) is 17.0. The molecular weight excluding hydrogens is 360 g/mol. The Balaban J connectivity index is 1.55. The highest BCUT2D eigenvalue weighted by molar-refractivity contribution is 7.91. The van der Waals surface area contributed by atoms with Crippen LogP contribution in [0.5, 0.6) is 0 Å². The average Bonchev–Trinajstić information content (AvgIpc) is 3.28. The van der Waals surface area contributed by atoms with E-state index in [1.807, 2.05) is 11.0 Å². The van der Waals surface area contributed by atoms with Gasteiger partial charge in [0.15, 0.2) is 9.84 Å². The number of para-hydroxylation sites is 1. The maximum Gasteiger partial charge on any atom is 0.242 e. The summed E-state index contributed by atoms with van der Waals surface area (Å²) in [5, 5.41) is 0. The molecule has 0 unspecified atom stereocenters. The molecule has 0 aromatic heterocycles. The summed E-state index contributed by atoms with van der Waals surface area (Å²) in [5.74, 6) is 0.980. The number of hydrogen-bond acceptors (Lipinski definition) is 4. The van der Waals surface area contributed by atoms with Gasteiger partial charge in [-0.15, -0.1) is 0 Å². The number of nitrogens with zero attached hydrogens (tertiary/aromatic N) is 2. The summed E-state index contributed by atoms with van der Waals surface area (Å²) in [6.45, 7) is 3.48. The van der Waals surface area contributed by atoms with Crippen molar-refractivity contribution in [3.63, 3.8) is 0 Å². The molecule has 27 heavy (non-hydrogen) atoms. The molecule has 1 aliphatic carbocycles. The van der Waals surface area contributed by atoms with Crippen LogP contribution >= 0.6 is 0 Å². The van der Waals surface area contributed by atoms with E-state index in [1.54, 1.807) is 0 Å². The number of hydrogen-bond donors (Lipinski definition) is 0. The molecule has 3 aliphatic rings. The van der Waals surface area contributed by atoms with Crippen LogP contribution < -0.4 is 4.90 Å². The standard InChI is InChI=1S/C21H30N2O3S/c1-16-10-12-22(20-9-5-4-8-19(16)20)14-21(24)23(17-6-2-3-7-17)18-11-13-27(25,26)15-18/h4-5,8-9,16-18H,2-3,6-7,10-15H2,1H3/t16-,18-/m1/s1. The van der Waals surface area contributed by atoms with Gasteiger partial charge >= 0.3 is 0 Å². The third-order valence-corrected chi connectivity index (χ3v) is 8.32. The Morgan fingerprint density at radius 3 is 2.56 bits per heavy atom. The summed E-state index contributed by atoms with van der Waals surface area (Å²) in [6.07, 6.45) is 5.94. The van der Waals surface area contributed by atoms with E-state index in [4.69, 9.17) is 0 Å². The first kappa shape index (κ1) is 18.8. The van der Waals surface area contributed by atoms with Gasteiger partial charge in [0.1, 0.15) is 0 Å². The SMILES string of the molecule is C[C@@H]1CCN(CC(=O)N(C2CCCC2)[C@@H]2CCS(=O)(=O)C2)c2ccccc21. The molecule has 6 heteroatoms. The highest BCUT2D eigenvalue weighted by atomic mass is 32.2. The lowest BCUT2D eigenvalue weighted by atomic mass is 9.91. The minimum Gasteiger partial charge on any atom is -0.362 e.